The van der Waals surface area contributed by atoms with E-state index in [9.17, 15) is 4.79 Å². The first kappa shape index (κ1) is 12.7. The molecule has 6 nitrogen and oxygen atoms in total. The molecule has 1 amide bonds. The highest BCUT2D eigenvalue weighted by molar-refractivity contribution is 5.92. The Bertz CT molecular complexity index is 623. The van der Waals surface area contributed by atoms with Gasteiger partial charge in [-0.15, -0.1) is 5.10 Å². The van der Waals surface area contributed by atoms with E-state index in [0.29, 0.717) is 12.3 Å². The van der Waals surface area contributed by atoms with Crippen LogP contribution in [-0.2, 0) is 7.05 Å². The van der Waals surface area contributed by atoms with E-state index in [0.717, 1.165) is 24.2 Å². The Kier molecular flexibility index (Phi) is 3.37. The molecule has 1 aliphatic heterocycles. The van der Waals surface area contributed by atoms with Crippen molar-refractivity contribution in [2.24, 2.45) is 7.05 Å². The lowest BCUT2D eigenvalue weighted by atomic mass is 10.0. The second-order valence-corrected chi connectivity index (χ2v) is 4.83. The van der Waals surface area contributed by atoms with Crippen molar-refractivity contribution in [3.8, 4) is 5.75 Å². The summed E-state index contributed by atoms with van der Waals surface area (Å²) in [6.07, 6.45) is 3.36. The molecule has 0 fully saturated rings. The maximum absolute atomic E-state index is 12.2. The van der Waals surface area contributed by atoms with Crippen molar-refractivity contribution in [2.75, 3.05) is 6.61 Å². The third-order valence-corrected chi connectivity index (χ3v) is 3.33. The van der Waals surface area contributed by atoms with Crippen LogP contribution in [0.1, 0.15) is 34.9 Å². The minimum atomic E-state index is -0.209. The average Bonchev–Trinajstić information content (AvgIpc) is 2.79. The number of ether oxygens (including phenoxy) is 1. The maximum Gasteiger partial charge on any atom is 0.273 e. The molecule has 3 rings (SSSR count). The van der Waals surface area contributed by atoms with Gasteiger partial charge in [-0.3, -0.25) is 9.48 Å². The molecule has 0 bridgehead atoms. The lowest BCUT2D eigenvalue weighted by molar-refractivity contribution is 0.0929. The molecule has 0 aliphatic carbocycles. The van der Waals surface area contributed by atoms with Crippen molar-refractivity contribution in [2.45, 2.75) is 18.9 Å². The molecule has 104 valence electrons. The Balaban J connectivity index is 1.82. The fourth-order valence-corrected chi connectivity index (χ4v) is 2.36. The Morgan fingerprint density at radius 2 is 2.30 bits per heavy atom. The normalized spacial score (nSPS) is 17.8. The zero-order valence-electron chi connectivity index (χ0n) is 11.2. The van der Waals surface area contributed by atoms with Crippen molar-refractivity contribution < 1.29 is 9.53 Å². The summed E-state index contributed by atoms with van der Waals surface area (Å²) in [5.41, 5.74) is 1.34. The second kappa shape index (κ2) is 5.32. The highest BCUT2D eigenvalue weighted by Gasteiger charge is 2.22. The number of nitrogens with zero attached hydrogens (tertiary/aromatic N) is 3. The van der Waals surface area contributed by atoms with Gasteiger partial charge in [-0.2, -0.15) is 0 Å². The van der Waals surface area contributed by atoms with Crippen molar-refractivity contribution in [3.05, 3.63) is 41.7 Å². The molecule has 20 heavy (non-hydrogen) atoms. The molecule has 1 aromatic heterocycles. The largest absolute Gasteiger partial charge is 0.493 e. The van der Waals surface area contributed by atoms with Crippen LogP contribution in [0.5, 0.6) is 5.75 Å². The zero-order chi connectivity index (χ0) is 13.9. The molecule has 2 heterocycles. The van der Waals surface area contributed by atoms with Crippen molar-refractivity contribution in [1.82, 2.24) is 20.3 Å². The highest BCUT2D eigenvalue weighted by Crippen LogP contribution is 2.31. The van der Waals surface area contributed by atoms with Gasteiger partial charge in [0.25, 0.3) is 5.91 Å². The van der Waals surface area contributed by atoms with E-state index in [2.05, 4.69) is 15.6 Å². The molecule has 0 unspecified atom stereocenters. The number of para-hydroxylation sites is 1. The number of aryl methyl sites for hydroxylation is 1. The van der Waals surface area contributed by atoms with E-state index < -0.39 is 0 Å². The number of aromatic nitrogens is 3. The molecule has 6 heteroatoms. The van der Waals surface area contributed by atoms with E-state index in [-0.39, 0.29) is 11.9 Å². The van der Waals surface area contributed by atoms with Crippen LogP contribution >= 0.6 is 0 Å². The van der Waals surface area contributed by atoms with Crippen LogP contribution in [0, 0.1) is 0 Å². The van der Waals surface area contributed by atoms with E-state index in [1.165, 1.54) is 4.68 Å². The number of nitrogens with one attached hydrogen (secondary N) is 1. The lowest BCUT2D eigenvalue weighted by Gasteiger charge is -2.17. The molecule has 0 saturated carbocycles. The van der Waals surface area contributed by atoms with E-state index >= 15 is 0 Å². The molecule has 0 saturated heterocycles. The van der Waals surface area contributed by atoms with Crippen LogP contribution in [0.25, 0.3) is 0 Å². The van der Waals surface area contributed by atoms with Crippen LogP contribution in [0.4, 0.5) is 0 Å². The molecule has 1 aliphatic rings. The zero-order valence-corrected chi connectivity index (χ0v) is 11.2. The van der Waals surface area contributed by atoms with Gasteiger partial charge in [0, 0.05) is 12.6 Å². The number of benzene rings is 1. The smallest absolute Gasteiger partial charge is 0.273 e. The van der Waals surface area contributed by atoms with Gasteiger partial charge in [0.1, 0.15) is 5.75 Å². The Labute approximate surface area is 116 Å². The Hall–Kier alpha value is -2.37. The molecular formula is C14H16N4O2. The average molecular weight is 272 g/mol. The summed E-state index contributed by atoms with van der Waals surface area (Å²) in [5, 5.41) is 10.6. The molecular weight excluding hydrogens is 256 g/mol. The van der Waals surface area contributed by atoms with Gasteiger partial charge < -0.3 is 10.1 Å². The van der Waals surface area contributed by atoms with Crippen LogP contribution in [0.2, 0.25) is 0 Å². The summed E-state index contributed by atoms with van der Waals surface area (Å²) in [6.45, 7) is 0.675. The number of carbonyl (C=O) groups excluding carboxylic acids is 1. The number of fused-ring (bicyclic) bond motifs is 1. The summed E-state index contributed by atoms with van der Waals surface area (Å²) in [5.74, 6) is 0.634. The number of carbonyl (C=O) groups is 1. The third-order valence-electron chi connectivity index (χ3n) is 3.33. The summed E-state index contributed by atoms with van der Waals surface area (Å²) >= 11 is 0. The molecule has 1 N–H and O–H groups in total. The fraction of sp³-hybridized carbons (Fsp3) is 0.357. The van der Waals surface area contributed by atoms with E-state index in [1.807, 2.05) is 24.3 Å². The van der Waals surface area contributed by atoms with Crippen LogP contribution < -0.4 is 10.1 Å². The fourth-order valence-electron chi connectivity index (χ4n) is 2.36. The number of amides is 1. The first-order chi connectivity index (χ1) is 9.74. The highest BCUT2D eigenvalue weighted by atomic mass is 16.5. The topological polar surface area (TPSA) is 69.0 Å². The Morgan fingerprint density at radius 1 is 1.45 bits per heavy atom. The van der Waals surface area contributed by atoms with Crippen molar-refractivity contribution >= 4 is 5.91 Å². The number of hydrogen-bond donors (Lipinski definition) is 1. The van der Waals surface area contributed by atoms with Gasteiger partial charge in [-0.05, 0) is 18.9 Å². The van der Waals surface area contributed by atoms with Crippen LogP contribution in [0.15, 0.2) is 30.5 Å². The SMILES string of the molecule is Cn1cc(C(=O)N[C@@H]2CCCOc3ccccc32)nn1. The van der Waals surface area contributed by atoms with E-state index in [4.69, 9.17) is 4.74 Å². The monoisotopic (exact) mass is 272 g/mol. The standard InChI is InChI=1S/C14H16N4O2/c1-18-9-12(16-17-18)14(19)15-11-6-4-8-20-13-7-3-2-5-10(11)13/h2-3,5,7,9,11H,4,6,8H2,1H3,(H,15,19)/t11-/m1/s1. The van der Waals surface area contributed by atoms with E-state index in [1.54, 1.807) is 13.2 Å². The van der Waals surface area contributed by atoms with Crippen molar-refractivity contribution in [1.29, 1.82) is 0 Å². The van der Waals surface area contributed by atoms with Gasteiger partial charge in [0.15, 0.2) is 5.69 Å². The first-order valence-corrected chi connectivity index (χ1v) is 6.63. The molecule has 1 aromatic carbocycles. The summed E-state index contributed by atoms with van der Waals surface area (Å²) in [4.78, 5) is 12.2. The Morgan fingerprint density at radius 3 is 3.10 bits per heavy atom. The minimum Gasteiger partial charge on any atom is -0.493 e. The molecule has 0 radical (unpaired) electrons. The number of rotatable bonds is 2. The van der Waals surface area contributed by atoms with Gasteiger partial charge in [-0.25, -0.2) is 0 Å². The molecule has 1 atom stereocenters. The molecule has 2 aromatic rings. The summed E-state index contributed by atoms with van der Waals surface area (Å²) in [7, 11) is 1.73. The van der Waals surface area contributed by atoms with Crippen LogP contribution in [0.3, 0.4) is 0 Å². The second-order valence-electron chi connectivity index (χ2n) is 4.83. The maximum atomic E-state index is 12.2. The number of hydrogen-bond acceptors (Lipinski definition) is 4. The van der Waals surface area contributed by atoms with Crippen LogP contribution in [-0.4, -0.2) is 27.5 Å². The predicted octanol–water partition coefficient (Wildman–Crippen LogP) is 1.46. The quantitative estimate of drug-likeness (QED) is 0.898. The van der Waals surface area contributed by atoms with Gasteiger partial charge in [0.2, 0.25) is 0 Å². The van der Waals surface area contributed by atoms with Crippen molar-refractivity contribution in [3.63, 3.8) is 0 Å². The van der Waals surface area contributed by atoms with Gasteiger partial charge in [-0.1, -0.05) is 23.4 Å². The first-order valence-electron chi connectivity index (χ1n) is 6.63. The predicted molar refractivity (Wildman–Crippen MR) is 72.4 cm³/mol. The minimum absolute atomic E-state index is 0.0526. The summed E-state index contributed by atoms with van der Waals surface area (Å²) in [6, 6.07) is 7.76. The molecule has 0 spiro atoms. The van der Waals surface area contributed by atoms with Gasteiger partial charge >= 0.3 is 0 Å². The third kappa shape index (κ3) is 2.49. The summed E-state index contributed by atoms with van der Waals surface area (Å²) < 4.78 is 7.20. The lowest BCUT2D eigenvalue weighted by Crippen LogP contribution is -2.28. The van der Waals surface area contributed by atoms with Gasteiger partial charge in [0.05, 0.1) is 18.8 Å².